The fourth-order valence-electron chi connectivity index (χ4n) is 3.12. The van der Waals surface area contributed by atoms with Gasteiger partial charge in [-0.05, 0) is 42.7 Å². The van der Waals surface area contributed by atoms with Crippen molar-refractivity contribution >= 4 is 6.03 Å². The SMILES string of the molecule is O=C(NCc1ccc(F)cc1)N1CCC(c2nnc(-c3ccco3)o2)CC1. The highest BCUT2D eigenvalue weighted by molar-refractivity contribution is 5.74. The van der Waals surface area contributed by atoms with Gasteiger partial charge in [0.05, 0.1) is 6.26 Å². The second-order valence-electron chi connectivity index (χ2n) is 6.47. The maximum atomic E-state index is 12.9. The standard InChI is InChI=1S/C19H19FN4O3/c20-15-5-3-13(4-6-15)12-21-19(25)24-9-7-14(8-10-24)17-22-23-18(27-17)16-2-1-11-26-16/h1-6,11,14H,7-10,12H2,(H,21,25). The van der Waals surface area contributed by atoms with Gasteiger partial charge in [-0.3, -0.25) is 0 Å². The molecule has 27 heavy (non-hydrogen) atoms. The maximum absolute atomic E-state index is 12.9. The number of benzene rings is 1. The molecule has 0 spiro atoms. The summed E-state index contributed by atoms with van der Waals surface area (Å²) in [6.45, 7) is 1.59. The molecule has 0 bridgehead atoms. The highest BCUT2D eigenvalue weighted by Crippen LogP contribution is 2.29. The molecule has 4 rings (SSSR count). The van der Waals surface area contributed by atoms with Gasteiger partial charge in [-0.15, -0.1) is 10.2 Å². The zero-order valence-electron chi connectivity index (χ0n) is 14.6. The van der Waals surface area contributed by atoms with Crippen LogP contribution in [0.3, 0.4) is 0 Å². The second-order valence-corrected chi connectivity index (χ2v) is 6.47. The number of nitrogens with zero attached hydrogens (tertiary/aromatic N) is 3. The Morgan fingerprint density at radius 2 is 1.96 bits per heavy atom. The van der Waals surface area contributed by atoms with Crippen molar-refractivity contribution in [3.05, 3.63) is 59.9 Å². The quantitative estimate of drug-likeness (QED) is 0.759. The van der Waals surface area contributed by atoms with Crippen LogP contribution in [0.25, 0.3) is 11.7 Å². The van der Waals surface area contributed by atoms with Crippen LogP contribution in [-0.2, 0) is 6.54 Å². The van der Waals surface area contributed by atoms with Gasteiger partial charge >= 0.3 is 6.03 Å². The molecule has 0 unspecified atom stereocenters. The van der Waals surface area contributed by atoms with Crippen LogP contribution >= 0.6 is 0 Å². The fourth-order valence-corrected chi connectivity index (χ4v) is 3.12. The van der Waals surface area contributed by atoms with Gasteiger partial charge in [0.25, 0.3) is 5.89 Å². The summed E-state index contributed by atoms with van der Waals surface area (Å²) in [6, 6.07) is 9.50. The lowest BCUT2D eigenvalue weighted by Crippen LogP contribution is -2.43. The molecule has 1 fully saturated rings. The fraction of sp³-hybridized carbons (Fsp3) is 0.316. The second kappa shape index (κ2) is 7.61. The number of hydrogen-bond acceptors (Lipinski definition) is 5. The van der Waals surface area contributed by atoms with Crippen molar-refractivity contribution in [3.63, 3.8) is 0 Å². The van der Waals surface area contributed by atoms with E-state index in [4.69, 9.17) is 8.83 Å². The molecule has 0 saturated carbocycles. The Balaban J connectivity index is 1.28. The van der Waals surface area contributed by atoms with Gasteiger partial charge in [0.15, 0.2) is 5.76 Å². The number of halogens is 1. The molecule has 0 atom stereocenters. The van der Waals surface area contributed by atoms with Gasteiger partial charge in [0, 0.05) is 25.6 Å². The van der Waals surface area contributed by atoms with Crippen LogP contribution in [0.4, 0.5) is 9.18 Å². The van der Waals surface area contributed by atoms with Crippen molar-refractivity contribution in [2.75, 3.05) is 13.1 Å². The van der Waals surface area contributed by atoms with E-state index in [0.29, 0.717) is 37.2 Å². The van der Waals surface area contributed by atoms with Gasteiger partial charge < -0.3 is 19.1 Å². The third kappa shape index (κ3) is 3.99. The van der Waals surface area contributed by atoms with Gasteiger partial charge in [-0.2, -0.15) is 0 Å². The molecule has 7 nitrogen and oxygen atoms in total. The molecular weight excluding hydrogens is 351 g/mol. The van der Waals surface area contributed by atoms with Crippen molar-refractivity contribution in [1.82, 2.24) is 20.4 Å². The summed E-state index contributed by atoms with van der Waals surface area (Å²) in [5.41, 5.74) is 0.857. The lowest BCUT2D eigenvalue weighted by molar-refractivity contribution is 0.177. The number of piperidine rings is 1. The van der Waals surface area contributed by atoms with Gasteiger partial charge in [-0.25, -0.2) is 9.18 Å². The molecule has 1 aliphatic rings. The predicted octanol–water partition coefficient (Wildman–Crippen LogP) is 3.56. The summed E-state index contributed by atoms with van der Waals surface area (Å²) in [5.74, 6) is 1.33. The molecule has 0 radical (unpaired) electrons. The average Bonchev–Trinajstić information content (AvgIpc) is 3.39. The lowest BCUT2D eigenvalue weighted by Gasteiger charge is -2.30. The number of rotatable bonds is 4. The molecule has 2 aromatic heterocycles. The minimum atomic E-state index is -0.289. The molecule has 0 aliphatic carbocycles. The van der Waals surface area contributed by atoms with E-state index in [9.17, 15) is 9.18 Å². The molecule has 140 valence electrons. The van der Waals surface area contributed by atoms with E-state index in [0.717, 1.165) is 18.4 Å². The third-order valence-electron chi connectivity index (χ3n) is 4.66. The zero-order chi connectivity index (χ0) is 18.6. The first-order valence-corrected chi connectivity index (χ1v) is 8.83. The number of carbonyl (C=O) groups is 1. The topological polar surface area (TPSA) is 84.4 Å². The molecule has 3 heterocycles. The summed E-state index contributed by atoms with van der Waals surface area (Å²) in [5, 5.41) is 11.0. The Morgan fingerprint density at radius 3 is 2.67 bits per heavy atom. The number of furan rings is 1. The van der Waals surface area contributed by atoms with Crippen molar-refractivity contribution in [3.8, 4) is 11.7 Å². The van der Waals surface area contributed by atoms with Crippen LogP contribution < -0.4 is 5.32 Å². The molecule has 1 saturated heterocycles. The van der Waals surface area contributed by atoms with Crippen LogP contribution in [0.15, 0.2) is 51.5 Å². The predicted molar refractivity (Wildman–Crippen MR) is 94.2 cm³/mol. The number of amides is 2. The number of likely N-dealkylation sites (tertiary alicyclic amines) is 1. The average molecular weight is 370 g/mol. The summed E-state index contributed by atoms with van der Waals surface area (Å²) < 4.78 is 23.9. The molecule has 1 N–H and O–H groups in total. The molecule has 8 heteroatoms. The van der Waals surface area contributed by atoms with E-state index in [1.165, 1.54) is 12.1 Å². The van der Waals surface area contributed by atoms with Crippen molar-refractivity contribution < 1.29 is 18.0 Å². The smallest absolute Gasteiger partial charge is 0.317 e. The zero-order valence-corrected chi connectivity index (χ0v) is 14.6. The maximum Gasteiger partial charge on any atom is 0.317 e. The Kier molecular flexibility index (Phi) is 4.86. The molecule has 1 aromatic carbocycles. The van der Waals surface area contributed by atoms with E-state index < -0.39 is 0 Å². The van der Waals surface area contributed by atoms with E-state index >= 15 is 0 Å². The minimum absolute atomic E-state index is 0.125. The van der Waals surface area contributed by atoms with E-state index in [2.05, 4.69) is 15.5 Å². The van der Waals surface area contributed by atoms with Crippen molar-refractivity contribution in [2.24, 2.45) is 0 Å². The number of carbonyl (C=O) groups excluding carboxylic acids is 1. The van der Waals surface area contributed by atoms with Gasteiger partial charge in [-0.1, -0.05) is 12.1 Å². The Morgan fingerprint density at radius 1 is 1.19 bits per heavy atom. The summed E-state index contributed by atoms with van der Waals surface area (Å²) in [6.07, 6.45) is 3.07. The minimum Gasteiger partial charge on any atom is -0.459 e. The number of nitrogens with one attached hydrogen (secondary N) is 1. The highest BCUT2D eigenvalue weighted by atomic mass is 19.1. The van der Waals surface area contributed by atoms with Crippen LogP contribution in [0, 0.1) is 5.82 Å². The van der Waals surface area contributed by atoms with Gasteiger partial charge in [0.2, 0.25) is 5.89 Å². The van der Waals surface area contributed by atoms with Crippen LogP contribution in [0.2, 0.25) is 0 Å². The monoisotopic (exact) mass is 370 g/mol. The lowest BCUT2D eigenvalue weighted by atomic mass is 9.97. The van der Waals surface area contributed by atoms with E-state index in [1.807, 2.05) is 0 Å². The molecular formula is C19H19FN4O3. The normalized spacial score (nSPS) is 15.1. The summed E-state index contributed by atoms with van der Waals surface area (Å²) in [4.78, 5) is 14.1. The Hall–Kier alpha value is -3.16. The molecule has 2 amide bonds. The van der Waals surface area contributed by atoms with Gasteiger partial charge in [0.1, 0.15) is 5.82 Å². The molecule has 3 aromatic rings. The van der Waals surface area contributed by atoms with Crippen LogP contribution in [-0.4, -0.2) is 34.2 Å². The van der Waals surface area contributed by atoms with Crippen molar-refractivity contribution in [2.45, 2.75) is 25.3 Å². The first-order chi connectivity index (χ1) is 13.2. The Bertz CT molecular complexity index is 884. The van der Waals surface area contributed by atoms with Crippen LogP contribution in [0.1, 0.15) is 30.2 Å². The van der Waals surface area contributed by atoms with E-state index in [-0.39, 0.29) is 17.8 Å². The largest absolute Gasteiger partial charge is 0.459 e. The first-order valence-electron chi connectivity index (χ1n) is 8.83. The first kappa shape index (κ1) is 17.3. The number of urea groups is 1. The van der Waals surface area contributed by atoms with Crippen molar-refractivity contribution in [1.29, 1.82) is 0 Å². The Labute approximate surface area is 155 Å². The number of aromatic nitrogens is 2. The third-order valence-corrected chi connectivity index (χ3v) is 4.66. The van der Waals surface area contributed by atoms with E-state index in [1.54, 1.807) is 35.4 Å². The summed E-state index contributed by atoms with van der Waals surface area (Å²) in [7, 11) is 0. The van der Waals surface area contributed by atoms with Crippen LogP contribution in [0.5, 0.6) is 0 Å². The molecule has 1 aliphatic heterocycles. The summed E-state index contributed by atoms with van der Waals surface area (Å²) >= 11 is 0. The highest BCUT2D eigenvalue weighted by Gasteiger charge is 2.27. The number of hydrogen-bond donors (Lipinski definition) is 1.